The number of ether oxygens (including phenoxy) is 1. The number of piperidine rings is 1. The smallest absolute Gasteiger partial charge is 0.253 e. The lowest BCUT2D eigenvalue weighted by Gasteiger charge is -2.44. The molecule has 1 spiro atoms. The molecular weight excluding hydrogens is 362 g/mol. The van der Waals surface area contributed by atoms with Crippen LogP contribution in [0, 0.1) is 13.8 Å². The normalized spacial score (nSPS) is 18.0. The average molecular weight is 392 g/mol. The van der Waals surface area contributed by atoms with Gasteiger partial charge in [-0.05, 0) is 54.7 Å². The number of hydrogen-bond donors (Lipinski definition) is 0. The maximum Gasteiger partial charge on any atom is 0.253 e. The molecule has 4 nitrogen and oxygen atoms in total. The van der Waals surface area contributed by atoms with Crippen molar-refractivity contribution < 1.29 is 14.3 Å². The van der Waals surface area contributed by atoms with E-state index < -0.39 is 5.60 Å². The second kappa shape index (κ2) is 7.33. The molecule has 2 aliphatic heterocycles. The summed E-state index contributed by atoms with van der Waals surface area (Å²) in [6.07, 6.45) is 1.76. The van der Waals surface area contributed by atoms with Gasteiger partial charge in [-0.15, -0.1) is 0 Å². The van der Waals surface area contributed by atoms with Gasteiger partial charge in [0.15, 0.2) is 5.78 Å². The van der Waals surface area contributed by atoms with Crippen molar-refractivity contribution >= 4 is 11.7 Å². The summed E-state index contributed by atoms with van der Waals surface area (Å²) in [7, 11) is 0. The largest absolute Gasteiger partial charge is 0.486 e. The lowest BCUT2D eigenvalue weighted by molar-refractivity contribution is -0.00619. The number of benzene rings is 2. The van der Waals surface area contributed by atoms with Gasteiger partial charge in [-0.25, -0.2) is 0 Å². The highest BCUT2D eigenvalue weighted by molar-refractivity contribution is 6.01. The molecule has 1 fully saturated rings. The molecule has 2 aliphatic rings. The molecule has 29 heavy (non-hydrogen) atoms. The van der Waals surface area contributed by atoms with Gasteiger partial charge in [-0.1, -0.05) is 32.0 Å². The van der Waals surface area contributed by atoms with Gasteiger partial charge in [0.25, 0.3) is 5.91 Å². The molecule has 0 aromatic heterocycles. The van der Waals surface area contributed by atoms with Crippen LogP contribution in [0.4, 0.5) is 0 Å². The van der Waals surface area contributed by atoms with Gasteiger partial charge in [0.2, 0.25) is 0 Å². The van der Waals surface area contributed by atoms with Gasteiger partial charge in [0, 0.05) is 31.5 Å². The molecule has 0 N–H and O–H groups in total. The van der Waals surface area contributed by atoms with Crippen LogP contribution in [0.15, 0.2) is 36.4 Å². The zero-order valence-electron chi connectivity index (χ0n) is 17.7. The van der Waals surface area contributed by atoms with Crippen LogP contribution < -0.4 is 4.74 Å². The van der Waals surface area contributed by atoms with E-state index in [9.17, 15) is 9.59 Å². The molecule has 0 aliphatic carbocycles. The average Bonchev–Trinajstić information content (AvgIpc) is 2.69. The number of hydrogen-bond acceptors (Lipinski definition) is 3. The number of carbonyl (C=O) groups excluding carboxylic acids is 2. The van der Waals surface area contributed by atoms with Crippen molar-refractivity contribution in [2.45, 2.75) is 58.5 Å². The minimum Gasteiger partial charge on any atom is -0.486 e. The van der Waals surface area contributed by atoms with Crippen molar-refractivity contribution in [2.24, 2.45) is 0 Å². The Labute approximate surface area is 172 Å². The zero-order chi connectivity index (χ0) is 20.8. The summed E-state index contributed by atoms with van der Waals surface area (Å²) in [6.45, 7) is 9.51. The SMILES string of the molecule is Cc1cc(C)c2c(c1)C(=O)CC1(CCN(C(=O)c3ccc(C(C)C)cc3)CC1)O2. The van der Waals surface area contributed by atoms with Gasteiger partial charge in [-0.3, -0.25) is 9.59 Å². The fourth-order valence-corrected chi connectivity index (χ4v) is 4.53. The number of aryl methyl sites for hydroxylation is 2. The minimum absolute atomic E-state index is 0.0597. The Balaban J connectivity index is 1.48. The maximum absolute atomic E-state index is 12.9. The number of ketones is 1. The van der Waals surface area contributed by atoms with E-state index >= 15 is 0 Å². The van der Waals surface area contributed by atoms with Crippen molar-refractivity contribution in [1.82, 2.24) is 4.90 Å². The van der Waals surface area contributed by atoms with E-state index in [4.69, 9.17) is 4.74 Å². The van der Waals surface area contributed by atoms with Gasteiger partial charge < -0.3 is 9.64 Å². The molecule has 0 radical (unpaired) electrons. The molecule has 0 unspecified atom stereocenters. The summed E-state index contributed by atoms with van der Waals surface area (Å²) < 4.78 is 6.43. The molecule has 2 aromatic carbocycles. The Hall–Kier alpha value is -2.62. The lowest BCUT2D eigenvalue weighted by Crippen LogP contribution is -2.52. The standard InChI is InChI=1S/C25H29NO3/c1-16(2)19-5-7-20(8-6-19)24(28)26-11-9-25(10-12-26)15-22(27)21-14-17(3)13-18(4)23(21)29-25/h5-8,13-14,16H,9-12,15H2,1-4H3. The summed E-state index contributed by atoms with van der Waals surface area (Å²) in [5.41, 5.74) is 4.27. The fraction of sp³-hybridized carbons (Fsp3) is 0.440. The van der Waals surface area contributed by atoms with Crippen molar-refractivity contribution in [3.8, 4) is 5.75 Å². The topological polar surface area (TPSA) is 46.6 Å². The zero-order valence-corrected chi connectivity index (χ0v) is 17.7. The third kappa shape index (κ3) is 3.68. The molecule has 152 valence electrons. The Morgan fingerprint density at radius 3 is 2.34 bits per heavy atom. The van der Waals surface area contributed by atoms with Crippen molar-refractivity contribution in [3.63, 3.8) is 0 Å². The highest BCUT2D eigenvalue weighted by Gasteiger charge is 2.44. The number of carbonyl (C=O) groups is 2. The first-order chi connectivity index (χ1) is 13.8. The van der Waals surface area contributed by atoms with Crippen LogP contribution in [0.2, 0.25) is 0 Å². The highest BCUT2D eigenvalue weighted by Crippen LogP contribution is 2.41. The highest BCUT2D eigenvalue weighted by atomic mass is 16.5. The molecule has 4 rings (SSSR count). The maximum atomic E-state index is 12.9. The van der Waals surface area contributed by atoms with Crippen molar-refractivity contribution in [2.75, 3.05) is 13.1 Å². The van der Waals surface area contributed by atoms with Gasteiger partial charge in [0.05, 0.1) is 12.0 Å². The molecule has 0 bridgehead atoms. The predicted octanol–water partition coefficient (Wildman–Crippen LogP) is 5.07. The monoisotopic (exact) mass is 391 g/mol. The Morgan fingerprint density at radius 2 is 1.72 bits per heavy atom. The number of nitrogens with zero attached hydrogens (tertiary/aromatic N) is 1. The summed E-state index contributed by atoms with van der Waals surface area (Å²) >= 11 is 0. The van der Waals surface area contributed by atoms with E-state index in [0.717, 1.165) is 22.4 Å². The lowest BCUT2D eigenvalue weighted by atomic mass is 9.81. The molecule has 1 saturated heterocycles. The number of fused-ring (bicyclic) bond motifs is 1. The van der Waals surface area contributed by atoms with Gasteiger partial charge in [0.1, 0.15) is 11.4 Å². The van der Waals surface area contributed by atoms with Crippen LogP contribution in [-0.4, -0.2) is 35.3 Å². The molecule has 2 heterocycles. The number of rotatable bonds is 2. The van der Waals surface area contributed by atoms with E-state index in [0.29, 0.717) is 43.8 Å². The number of Topliss-reactive ketones (excluding diaryl/α,β-unsaturated/α-hetero) is 1. The number of amides is 1. The van der Waals surface area contributed by atoms with E-state index in [1.165, 1.54) is 5.56 Å². The number of likely N-dealkylation sites (tertiary alicyclic amines) is 1. The van der Waals surface area contributed by atoms with Crippen LogP contribution in [0.5, 0.6) is 5.75 Å². The molecular formula is C25H29NO3. The van der Waals surface area contributed by atoms with Crippen LogP contribution in [0.1, 0.15) is 76.4 Å². The van der Waals surface area contributed by atoms with Crippen molar-refractivity contribution in [1.29, 1.82) is 0 Å². The second-order valence-electron chi connectivity index (χ2n) is 8.91. The van der Waals surface area contributed by atoms with E-state index in [-0.39, 0.29) is 11.7 Å². The van der Waals surface area contributed by atoms with Crippen LogP contribution >= 0.6 is 0 Å². The summed E-state index contributed by atoms with van der Waals surface area (Å²) in [4.78, 5) is 27.6. The minimum atomic E-state index is -0.484. The summed E-state index contributed by atoms with van der Waals surface area (Å²) in [6, 6.07) is 11.9. The van der Waals surface area contributed by atoms with Gasteiger partial charge in [-0.2, -0.15) is 0 Å². The quantitative estimate of drug-likeness (QED) is 0.718. The van der Waals surface area contributed by atoms with Crippen LogP contribution in [0.25, 0.3) is 0 Å². The van der Waals surface area contributed by atoms with Gasteiger partial charge >= 0.3 is 0 Å². The molecule has 0 atom stereocenters. The molecule has 1 amide bonds. The molecule has 0 saturated carbocycles. The van der Waals surface area contributed by atoms with Crippen LogP contribution in [-0.2, 0) is 0 Å². The first kappa shape index (κ1) is 19.7. The van der Waals surface area contributed by atoms with Crippen LogP contribution in [0.3, 0.4) is 0 Å². The summed E-state index contributed by atoms with van der Waals surface area (Å²) in [5, 5.41) is 0. The Morgan fingerprint density at radius 1 is 1.07 bits per heavy atom. The van der Waals surface area contributed by atoms with Crippen molar-refractivity contribution in [3.05, 3.63) is 64.2 Å². The molecule has 2 aromatic rings. The van der Waals surface area contributed by atoms with E-state index in [1.807, 2.05) is 49.1 Å². The summed E-state index contributed by atoms with van der Waals surface area (Å²) in [5.74, 6) is 1.40. The Kier molecular flexibility index (Phi) is 4.97. The Bertz CT molecular complexity index is 951. The van der Waals surface area contributed by atoms with E-state index in [2.05, 4.69) is 19.9 Å². The molecule has 4 heteroatoms. The third-order valence-corrected chi connectivity index (χ3v) is 6.31. The fourth-order valence-electron chi connectivity index (χ4n) is 4.53. The predicted molar refractivity (Wildman–Crippen MR) is 114 cm³/mol. The second-order valence-corrected chi connectivity index (χ2v) is 8.91. The first-order valence-corrected chi connectivity index (χ1v) is 10.5. The third-order valence-electron chi connectivity index (χ3n) is 6.31. The first-order valence-electron chi connectivity index (χ1n) is 10.5. The van der Waals surface area contributed by atoms with E-state index in [1.54, 1.807) is 0 Å².